The molecular formula is C48H49BrMgN2O4. The molecule has 2 fully saturated rings. The van der Waals surface area contributed by atoms with Crippen LogP contribution < -0.4 is 26.5 Å². The molecule has 0 aliphatic carbocycles. The second-order valence-electron chi connectivity index (χ2n) is 13.7. The van der Waals surface area contributed by atoms with E-state index >= 15 is 0 Å². The molecule has 2 heterocycles. The van der Waals surface area contributed by atoms with Gasteiger partial charge in [-0.1, -0.05) is 109 Å². The van der Waals surface area contributed by atoms with Gasteiger partial charge in [-0.15, -0.1) is 12.1 Å². The van der Waals surface area contributed by atoms with Crippen molar-refractivity contribution >= 4 is 28.8 Å². The number of benzene rings is 6. The third-order valence-corrected chi connectivity index (χ3v) is 9.63. The Labute approximate surface area is 359 Å². The van der Waals surface area contributed by atoms with Gasteiger partial charge < -0.3 is 31.6 Å². The number of halogens is 1. The van der Waals surface area contributed by atoms with Crippen LogP contribution in [0.5, 0.6) is 23.0 Å². The maximum absolute atomic E-state index is 11.1. The van der Waals surface area contributed by atoms with Crippen LogP contribution in [0.25, 0.3) is 0 Å². The van der Waals surface area contributed by atoms with Crippen LogP contribution in [-0.4, -0.2) is 69.9 Å². The number of nitrogens with zero attached hydrogens (tertiary/aromatic N) is 2. The number of carbonyl (C=O) groups is 1. The molecule has 56 heavy (non-hydrogen) atoms. The van der Waals surface area contributed by atoms with Gasteiger partial charge in [0, 0.05) is 57.9 Å². The van der Waals surface area contributed by atoms with Crippen LogP contribution in [0.2, 0.25) is 0 Å². The summed E-state index contributed by atoms with van der Waals surface area (Å²) < 4.78 is 11.4. The number of rotatable bonds is 9. The van der Waals surface area contributed by atoms with Crippen molar-refractivity contribution in [3.8, 4) is 23.0 Å². The number of Topliss-reactive ketones (excluding diaryl/α,β-unsaturated/α-hetero) is 1. The van der Waals surface area contributed by atoms with E-state index in [2.05, 4.69) is 64.4 Å². The number of carbonyl (C=O) groups excluding carboxylic acids is 1. The third kappa shape index (κ3) is 14.7. The van der Waals surface area contributed by atoms with E-state index in [-0.39, 0.29) is 40.0 Å². The average molecular weight is 822 g/mol. The zero-order valence-corrected chi connectivity index (χ0v) is 34.9. The Morgan fingerprint density at radius 1 is 0.518 bits per heavy atom. The second kappa shape index (κ2) is 23.7. The largest absolute Gasteiger partial charge is 2.00 e. The van der Waals surface area contributed by atoms with Crippen molar-refractivity contribution in [2.24, 2.45) is 0 Å². The van der Waals surface area contributed by atoms with Crippen LogP contribution >= 0.6 is 0 Å². The summed E-state index contributed by atoms with van der Waals surface area (Å²) in [5.74, 6) is 3.71. The summed E-state index contributed by atoms with van der Waals surface area (Å²) in [5, 5.41) is 11.1. The zero-order chi connectivity index (χ0) is 37.3. The van der Waals surface area contributed by atoms with Gasteiger partial charge in [0.1, 0.15) is 23.0 Å². The molecule has 0 amide bonds. The molecule has 2 saturated heterocycles. The summed E-state index contributed by atoms with van der Waals surface area (Å²) in [6, 6.07) is 58.6. The summed E-state index contributed by atoms with van der Waals surface area (Å²) >= 11 is 0. The summed E-state index contributed by atoms with van der Waals surface area (Å²) in [7, 11) is 0. The number of ketones is 1. The van der Waals surface area contributed by atoms with Gasteiger partial charge in [-0.25, -0.2) is 0 Å². The van der Waals surface area contributed by atoms with Gasteiger partial charge in [-0.3, -0.25) is 14.6 Å². The molecule has 6 aromatic carbocycles. The third-order valence-electron chi connectivity index (χ3n) is 9.63. The van der Waals surface area contributed by atoms with E-state index in [0.717, 1.165) is 93.5 Å². The summed E-state index contributed by atoms with van der Waals surface area (Å²) in [6.45, 7) is 5.57. The quantitative estimate of drug-likeness (QED) is 0.129. The van der Waals surface area contributed by atoms with Crippen molar-refractivity contribution in [1.82, 2.24) is 9.80 Å². The Balaban J connectivity index is 0.000000203. The first-order chi connectivity index (χ1) is 26.5. The SMILES string of the molecule is O=C1CCN(Cc2ccccc2)CC1.OC1(c2ccc(Oc3ccccc3)cc2)CCN(Cc2ccccc2)CC1.[Br-].[Mg+2].[c-]1ccc(Oc2ccccc2)cc1. The molecule has 8 rings (SSSR count). The van der Waals surface area contributed by atoms with Gasteiger partial charge in [0.25, 0.3) is 0 Å². The van der Waals surface area contributed by atoms with Gasteiger partial charge in [0.15, 0.2) is 0 Å². The number of hydrogen-bond acceptors (Lipinski definition) is 6. The van der Waals surface area contributed by atoms with Crippen molar-refractivity contribution < 1.29 is 36.4 Å². The van der Waals surface area contributed by atoms with Gasteiger partial charge in [0.05, 0.1) is 5.60 Å². The van der Waals surface area contributed by atoms with Crippen molar-refractivity contribution in [2.75, 3.05) is 26.2 Å². The van der Waals surface area contributed by atoms with E-state index in [0.29, 0.717) is 5.78 Å². The summed E-state index contributed by atoms with van der Waals surface area (Å²) in [5.41, 5.74) is 2.88. The molecule has 8 heteroatoms. The van der Waals surface area contributed by atoms with Gasteiger partial charge in [-0.2, -0.15) is 18.2 Å². The van der Waals surface area contributed by atoms with Crippen molar-refractivity contribution in [2.45, 2.75) is 44.4 Å². The van der Waals surface area contributed by atoms with E-state index in [1.54, 1.807) is 0 Å². The molecule has 0 spiro atoms. The Bertz CT molecular complexity index is 1900. The number of piperidine rings is 2. The van der Waals surface area contributed by atoms with Crippen LogP contribution in [0.1, 0.15) is 42.4 Å². The van der Waals surface area contributed by atoms with Crippen LogP contribution in [0.15, 0.2) is 170 Å². The number of ether oxygens (including phenoxy) is 2. The van der Waals surface area contributed by atoms with E-state index in [4.69, 9.17) is 9.47 Å². The average Bonchev–Trinajstić information content (AvgIpc) is 3.22. The molecular weight excluding hydrogens is 773 g/mol. The standard InChI is InChI=1S/C24H25NO2.C12H15NO.C12H9O.BrH.Mg/c26-24(15-17-25(18-16-24)19-20-7-3-1-4-8-20)21-11-13-23(14-12-21)27-22-9-5-2-6-10-22;14-12-6-8-13(9-7-12)10-11-4-2-1-3-5-11;1-3-7-11(8-4-1)13-12-9-5-2-6-10-12;;/h1-14,26H,15-19H2;1-5H,6-10H2;1,3-10H;1H;/q;;-1;;+2/p-1. The number of hydrogen-bond donors (Lipinski definition) is 1. The molecule has 0 unspecified atom stereocenters. The van der Waals surface area contributed by atoms with Crippen LogP contribution in [0.3, 0.4) is 0 Å². The Hall–Kier alpha value is -4.28. The van der Waals surface area contributed by atoms with E-state index in [1.807, 2.05) is 121 Å². The van der Waals surface area contributed by atoms with Gasteiger partial charge in [0.2, 0.25) is 0 Å². The molecule has 6 aromatic rings. The first kappa shape index (κ1) is 44.4. The minimum absolute atomic E-state index is 0. The molecule has 2 aliphatic rings. The number of likely N-dealkylation sites (tertiary alicyclic amines) is 2. The van der Waals surface area contributed by atoms with Crippen molar-refractivity contribution in [3.63, 3.8) is 0 Å². The normalized spacial score (nSPS) is 14.9. The minimum atomic E-state index is -0.752. The molecule has 0 atom stereocenters. The molecule has 0 aromatic heterocycles. The van der Waals surface area contributed by atoms with E-state index in [9.17, 15) is 9.90 Å². The Kier molecular flexibility index (Phi) is 18.8. The predicted octanol–water partition coefficient (Wildman–Crippen LogP) is 6.72. The minimum Gasteiger partial charge on any atom is -1.00 e. The monoisotopic (exact) mass is 820 g/mol. The van der Waals surface area contributed by atoms with Gasteiger partial charge in [-0.05, 0) is 65.9 Å². The first-order valence-electron chi connectivity index (χ1n) is 18.8. The number of para-hydroxylation sites is 2. The van der Waals surface area contributed by atoms with Crippen molar-refractivity contribution in [1.29, 1.82) is 0 Å². The molecule has 284 valence electrons. The Morgan fingerprint density at radius 2 is 0.893 bits per heavy atom. The van der Waals surface area contributed by atoms with E-state index < -0.39 is 5.60 Å². The summed E-state index contributed by atoms with van der Waals surface area (Å²) in [6.07, 6.45) is 2.96. The maximum atomic E-state index is 11.1. The van der Waals surface area contributed by atoms with Crippen LogP contribution in [0.4, 0.5) is 0 Å². The fraction of sp³-hybridized carbons (Fsp3) is 0.229. The molecule has 1 N–H and O–H groups in total. The fourth-order valence-corrected chi connectivity index (χ4v) is 6.54. The summed E-state index contributed by atoms with van der Waals surface area (Å²) in [4.78, 5) is 15.8. The fourth-order valence-electron chi connectivity index (χ4n) is 6.54. The molecule has 0 radical (unpaired) electrons. The van der Waals surface area contributed by atoms with Crippen LogP contribution in [0, 0.1) is 6.07 Å². The second-order valence-corrected chi connectivity index (χ2v) is 13.7. The van der Waals surface area contributed by atoms with Crippen LogP contribution in [-0.2, 0) is 23.5 Å². The molecule has 6 nitrogen and oxygen atoms in total. The smallest absolute Gasteiger partial charge is 1.00 e. The first-order valence-corrected chi connectivity index (χ1v) is 18.8. The zero-order valence-electron chi connectivity index (χ0n) is 31.9. The van der Waals surface area contributed by atoms with Gasteiger partial charge >= 0.3 is 23.1 Å². The van der Waals surface area contributed by atoms with Crippen molar-refractivity contribution in [3.05, 3.63) is 193 Å². The van der Waals surface area contributed by atoms with E-state index in [1.165, 1.54) is 11.1 Å². The molecule has 0 bridgehead atoms. The predicted molar refractivity (Wildman–Crippen MR) is 221 cm³/mol. The Morgan fingerprint density at radius 3 is 1.34 bits per heavy atom. The number of aliphatic hydroxyl groups is 1. The molecule has 2 aliphatic heterocycles. The maximum Gasteiger partial charge on any atom is 2.00 e. The molecule has 0 saturated carbocycles. The topological polar surface area (TPSA) is 62.2 Å².